The molecule has 0 atom stereocenters. The number of likely N-dealkylation sites (N-methyl/N-ethyl adjacent to an activating group) is 1. The standard InChI is InChI=1S/C11H22N4OS/c1-5-6-12-10-9(13-14-17-10)7-15(4)8-11(2,3)16/h12,16H,5-8H2,1-4H3. The molecule has 0 saturated heterocycles. The van der Waals surface area contributed by atoms with Gasteiger partial charge in [0.25, 0.3) is 0 Å². The van der Waals surface area contributed by atoms with Gasteiger partial charge in [0.15, 0.2) is 0 Å². The molecule has 0 amide bonds. The van der Waals surface area contributed by atoms with Gasteiger partial charge in [-0.15, -0.1) is 5.10 Å². The van der Waals surface area contributed by atoms with E-state index in [-0.39, 0.29) is 0 Å². The molecule has 0 aliphatic rings. The summed E-state index contributed by atoms with van der Waals surface area (Å²) in [6.45, 7) is 7.98. The molecule has 0 saturated carbocycles. The normalized spacial score (nSPS) is 12.1. The van der Waals surface area contributed by atoms with Gasteiger partial charge in [0.05, 0.1) is 5.60 Å². The van der Waals surface area contributed by atoms with E-state index in [2.05, 4.69) is 21.8 Å². The third kappa shape index (κ3) is 5.43. The van der Waals surface area contributed by atoms with E-state index in [4.69, 9.17) is 0 Å². The summed E-state index contributed by atoms with van der Waals surface area (Å²) in [5.74, 6) is 0. The molecule has 17 heavy (non-hydrogen) atoms. The summed E-state index contributed by atoms with van der Waals surface area (Å²) in [6.07, 6.45) is 1.08. The number of nitrogens with one attached hydrogen (secondary N) is 1. The van der Waals surface area contributed by atoms with E-state index in [0.717, 1.165) is 23.7 Å². The molecular weight excluding hydrogens is 236 g/mol. The number of anilines is 1. The first-order valence-electron chi connectivity index (χ1n) is 5.88. The molecule has 1 aromatic rings. The molecule has 0 aliphatic heterocycles. The van der Waals surface area contributed by atoms with Crippen LogP contribution in [0.3, 0.4) is 0 Å². The molecule has 2 N–H and O–H groups in total. The summed E-state index contributed by atoms with van der Waals surface area (Å²) in [4.78, 5) is 2.05. The van der Waals surface area contributed by atoms with E-state index < -0.39 is 5.60 Å². The lowest BCUT2D eigenvalue weighted by Gasteiger charge is -2.24. The minimum atomic E-state index is -0.685. The Morgan fingerprint density at radius 1 is 1.47 bits per heavy atom. The number of aromatic nitrogens is 2. The maximum atomic E-state index is 9.74. The monoisotopic (exact) mass is 258 g/mol. The zero-order valence-corrected chi connectivity index (χ0v) is 11.8. The highest BCUT2D eigenvalue weighted by atomic mass is 32.1. The topological polar surface area (TPSA) is 61.3 Å². The van der Waals surface area contributed by atoms with Crippen molar-refractivity contribution >= 4 is 16.5 Å². The Kier molecular flexibility index (Phi) is 5.30. The van der Waals surface area contributed by atoms with Crippen LogP contribution in [0.4, 0.5) is 5.00 Å². The first-order valence-corrected chi connectivity index (χ1v) is 6.65. The Labute approximate surface area is 107 Å². The Morgan fingerprint density at radius 2 is 2.18 bits per heavy atom. The van der Waals surface area contributed by atoms with Gasteiger partial charge in [-0.3, -0.25) is 4.90 Å². The van der Waals surface area contributed by atoms with Gasteiger partial charge in [-0.2, -0.15) is 0 Å². The van der Waals surface area contributed by atoms with Crippen molar-refractivity contribution in [3.8, 4) is 0 Å². The number of hydrogen-bond acceptors (Lipinski definition) is 6. The zero-order chi connectivity index (χ0) is 12.9. The lowest BCUT2D eigenvalue weighted by molar-refractivity contribution is 0.0422. The van der Waals surface area contributed by atoms with Crippen LogP contribution in [0.5, 0.6) is 0 Å². The first-order chi connectivity index (χ1) is 7.92. The average Bonchev–Trinajstić information content (AvgIpc) is 2.59. The fourth-order valence-corrected chi connectivity index (χ4v) is 2.26. The van der Waals surface area contributed by atoms with E-state index in [0.29, 0.717) is 13.1 Å². The summed E-state index contributed by atoms with van der Waals surface area (Å²) in [5, 5.41) is 18.2. The van der Waals surface area contributed by atoms with Crippen LogP contribution in [0, 0.1) is 0 Å². The lowest BCUT2D eigenvalue weighted by Crippen LogP contribution is -2.36. The third-order valence-electron chi connectivity index (χ3n) is 2.17. The summed E-state index contributed by atoms with van der Waals surface area (Å²) >= 11 is 1.39. The molecule has 0 bridgehead atoms. The number of hydrogen-bond donors (Lipinski definition) is 2. The fourth-order valence-electron chi connectivity index (χ4n) is 1.66. The molecule has 0 aliphatic carbocycles. The minimum Gasteiger partial charge on any atom is -0.389 e. The molecule has 6 heteroatoms. The highest BCUT2D eigenvalue weighted by Gasteiger charge is 2.17. The van der Waals surface area contributed by atoms with Crippen LogP contribution >= 0.6 is 11.5 Å². The number of rotatable bonds is 7. The molecule has 1 rings (SSSR count). The van der Waals surface area contributed by atoms with Crippen LogP contribution in [0.25, 0.3) is 0 Å². The summed E-state index contributed by atoms with van der Waals surface area (Å²) in [7, 11) is 1.97. The zero-order valence-electron chi connectivity index (χ0n) is 11.0. The predicted octanol–water partition coefficient (Wildman–Crippen LogP) is 1.56. The van der Waals surface area contributed by atoms with Gasteiger partial charge in [-0.1, -0.05) is 11.4 Å². The highest BCUT2D eigenvalue weighted by molar-refractivity contribution is 7.10. The van der Waals surface area contributed by atoms with Gasteiger partial charge < -0.3 is 10.4 Å². The van der Waals surface area contributed by atoms with Crippen LogP contribution in [-0.4, -0.2) is 45.3 Å². The van der Waals surface area contributed by atoms with E-state index >= 15 is 0 Å². The Balaban J connectivity index is 2.53. The Morgan fingerprint density at radius 3 is 2.76 bits per heavy atom. The average molecular weight is 258 g/mol. The van der Waals surface area contributed by atoms with Crippen LogP contribution in [0.15, 0.2) is 0 Å². The van der Waals surface area contributed by atoms with Crippen molar-refractivity contribution < 1.29 is 5.11 Å². The second-order valence-corrected chi connectivity index (χ2v) is 5.71. The fraction of sp³-hybridized carbons (Fsp3) is 0.818. The summed E-state index contributed by atoms with van der Waals surface area (Å²) in [6, 6.07) is 0. The number of nitrogens with zero attached hydrogens (tertiary/aromatic N) is 3. The van der Waals surface area contributed by atoms with Gasteiger partial charge in [0.2, 0.25) is 0 Å². The predicted molar refractivity (Wildman–Crippen MR) is 71.3 cm³/mol. The number of aliphatic hydroxyl groups is 1. The smallest absolute Gasteiger partial charge is 0.134 e. The van der Waals surface area contributed by atoms with Crippen LogP contribution in [-0.2, 0) is 6.54 Å². The second-order valence-electron chi connectivity index (χ2n) is 4.96. The van der Waals surface area contributed by atoms with Gasteiger partial charge in [-0.25, -0.2) is 0 Å². The van der Waals surface area contributed by atoms with E-state index in [9.17, 15) is 5.11 Å². The van der Waals surface area contributed by atoms with Crippen LogP contribution < -0.4 is 5.32 Å². The molecule has 0 unspecified atom stereocenters. The van der Waals surface area contributed by atoms with Crippen LogP contribution in [0.2, 0.25) is 0 Å². The minimum absolute atomic E-state index is 0.609. The largest absolute Gasteiger partial charge is 0.389 e. The van der Waals surface area contributed by atoms with E-state index in [1.165, 1.54) is 11.5 Å². The van der Waals surface area contributed by atoms with Crippen molar-refractivity contribution in [3.63, 3.8) is 0 Å². The molecule has 98 valence electrons. The van der Waals surface area contributed by atoms with Crippen molar-refractivity contribution in [1.82, 2.24) is 14.5 Å². The molecule has 1 aromatic heterocycles. The third-order valence-corrected chi connectivity index (χ3v) is 2.89. The van der Waals surface area contributed by atoms with E-state index in [1.807, 2.05) is 11.9 Å². The Bertz CT molecular complexity index is 334. The van der Waals surface area contributed by atoms with Crippen LogP contribution in [0.1, 0.15) is 32.9 Å². The van der Waals surface area contributed by atoms with Gasteiger partial charge in [-0.05, 0) is 27.3 Å². The first kappa shape index (κ1) is 14.3. The summed E-state index contributed by atoms with van der Waals surface area (Å²) < 4.78 is 3.96. The van der Waals surface area contributed by atoms with Crippen molar-refractivity contribution in [2.75, 3.05) is 25.5 Å². The van der Waals surface area contributed by atoms with Gasteiger partial charge in [0.1, 0.15) is 10.7 Å². The lowest BCUT2D eigenvalue weighted by atomic mass is 10.1. The van der Waals surface area contributed by atoms with Crippen molar-refractivity contribution in [1.29, 1.82) is 0 Å². The SMILES string of the molecule is CCCNc1snnc1CN(C)CC(C)(C)O. The maximum Gasteiger partial charge on any atom is 0.134 e. The molecule has 0 radical (unpaired) electrons. The maximum absolute atomic E-state index is 9.74. The van der Waals surface area contributed by atoms with Gasteiger partial charge in [0, 0.05) is 31.2 Å². The molecule has 0 fully saturated rings. The summed E-state index contributed by atoms with van der Waals surface area (Å²) in [5.41, 5.74) is 0.269. The molecular formula is C11H22N4OS. The molecule has 0 spiro atoms. The molecule has 1 heterocycles. The van der Waals surface area contributed by atoms with Crippen molar-refractivity contribution in [2.45, 2.75) is 39.3 Å². The molecule has 0 aromatic carbocycles. The Hall–Kier alpha value is -0.720. The van der Waals surface area contributed by atoms with Crippen molar-refractivity contribution in [2.24, 2.45) is 0 Å². The quantitative estimate of drug-likeness (QED) is 0.777. The van der Waals surface area contributed by atoms with Crippen molar-refractivity contribution in [3.05, 3.63) is 5.69 Å². The highest BCUT2D eigenvalue weighted by Crippen LogP contribution is 2.19. The second kappa shape index (κ2) is 6.28. The van der Waals surface area contributed by atoms with E-state index in [1.54, 1.807) is 13.8 Å². The van der Waals surface area contributed by atoms with Gasteiger partial charge >= 0.3 is 0 Å². The molecule has 5 nitrogen and oxygen atoms in total.